The van der Waals surface area contributed by atoms with Crippen LogP contribution >= 0.6 is 0 Å². The average molecular weight is 583 g/mol. The molecule has 0 saturated carbocycles. The standard InChI is InChI=1S/C46H30/c1-3-12-31(13-4-1)36-25-27-42-43(29-36)45(38-23-22-33-16-7-8-18-35(33)28-38)41-26-24-37(32-14-5-2-6-15-32)30-44(41)46(42)40-21-11-19-34-17-9-10-20-39(34)40/h1-30H. The number of fused-ring (bicyclic) bond motifs is 4. The van der Waals surface area contributed by atoms with Gasteiger partial charge in [-0.2, -0.15) is 0 Å². The molecule has 0 heterocycles. The van der Waals surface area contributed by atoms with E-state index in [1.54, 1.807) is 0 Å². The highest BCUT2D eigenvalue weighted by molar-refractivity contribution is 6.24. The van der Waals surface area contributed by atoms with Crippen LogP contribution in [0.1, 0.15) is 0 Å². The highest BCUT2D eigenvalue weighted by atomic mass is 14.2. The minimum atomic E-state index is 1.22. The van der Waals surface area contributed by atoms with Crippen LogP contribution in [0.2, 0.25) is 0 Å². The molecule has 0 saturated heterocycles. The summed E-state index contributed by atoms with van der Waals surface area (Å²) in [5, 5.41) is 10.1. The van der Waals surface area contributed by atoms with Crippen molar-refractivity contribution in [2.75, 3.05) is 0 Å². The van der Waals surface area contributed by atoms with Crippen LogP contribution in [0.15, 0.2) is 182 Å². The molecule has 0 nitrogen and oxygen atoms in total. The second-order valence-corrected chi connectivity index (χ2v) is 12.1. The highest BCUT2D eigenvalue weighted by Crippen LogP contribution is 2.47. The van der Waals surface area contributed by atoms with Gasteiger partial charge in [-0.1, -0.05) is 164 Å². The van der Waals surface area contributed by atoms with Crippen molar-refractivity contribution in [1.82, 2.24) is 0 Å². The van der Waals surface area contributed by atoms with Crippen molar-refractivity contribution in [3.63, 3.8) is 0 Å². The molecule has 0 unspecified atom stereocenters. The summed E-state index contributed by atoms with van der Waals surface area (Å²) >= 11 is 0. The van der Waals surface area contributed by atoms with Gasteiger partial charge in [0.1, 0.15) is 0 Å². The molecule has 46 heavy (non-hydrogen) atoms. The van der Waals surface area contributed by atoms with Gasteiger partial charge >= 0.3 is 0 Å². The van der Waals surface area contributed by atoms with Crippen LogP contribution in [-0.2, 0) is 0 Å². The van der Waals surface area contributed by atoms with Crippen molar-refractivity contribution in [1.29, 1.82) is 0 Å². The Morgan fingerprint density at radius 1 is 0.217 bits per heavy atom. The maximum absolute atomic E-state index is 2.41. The molecule has 9 rings (SSSR count). The third kappa shape index (κ3) is 4.38. The first kappa shape index (κ1) is 26.4. The van der Waals surface area contributed by atoms with Gasteiger partial charge in [-0.15, -0.1) is 0 Å². The molecule has 0 atom stereocenters. The van der Waals surface area contributed by atoms with Crippen molar-refractivity contribution in [2.45, 2.75) is 0 Å². The van der Waals surface area contributed by atoms with Gasteiger partial charge in [-0.25, -0.2) is 0 Å². The Balaban J connectivity index is 1.47. The zero-order valence-corrected chi connectivity index (χ0v) is 25.3. The monoisotopic (exact) mass is 582 g/mol. The summed E-state index contributed by atoms with van der Waals surface area (Å²) < 4.78 is 0. The summed E-state index contributed by atoms with van der Waals surface area (Å²) in [6.07, 6.45) is 0. The summed E-state index contributed by atoms with van der Waals surface area (Å²) in [5.74, 6) is 0. The molecule has 0 aliphatic heterocycles. The highest BCUT2D eigenvalue weighted by Gasteiger charge is 2.20. The van der Waals surface area contributed by atoms with E-state index >= 15 is 0 Å². The molecule has 9 aromatic carbocycles. The van der Waals surface area contributed by atoms with E-state index in [4.69, 9.17) is 0 Å². The lowest BCUT2D eigenvalue weighted by molar-refractivity contribution is 1.63. The van der Waals surface area contributed by atoms with Crippen LogP contribution in [-0.4, -0.2) is 0 Å². The smallest absolute Gasteiger partial charge is 0.00199 e. The van der Waals surface area contributed by atoms with E-state index in [1.165, 1.54) is 87.6 Å². The quantitative estimate of drug-likeness (QED) is 0.181. The second-order valence-electron chi connectivity index (χ2n) is 12.1. The molecule has 0 N–H and O–H groups in total. The van der Waals surface area contributed by atoms with Gasteiger partial charge in [0.15, 0.2) is 0 Å². The molecule has 214 valence electrons. The molecule has 0 bridgehead atoms. The Morgan fingerprint density at radius 3 is 1.43 bits per heavy atom. The van der Waals surface area contributed by atoms with Gasteiger partial charge in [-0.3, -0.25) is 0 Å². The first-order valence-corrected chi connectivity index (χ1v) is 15.9. The first-order valence-electron chi connectivity index (χ1n) is 15.9. The van der Waals surface area contributed by atoms with E-state index in [-0.39, 0.29) is 0 Å². The van der Waals surface area contributed by atoms with Crippen molar-refractivity contribution in [2.24, 2.45) is 0 Å². The summed E-state index contributed by atoms with van der Waals surface area (Å²) in [5.41, 5.74) is 9.94. The summed E-state index contributed by atoms with van der Waals surface area (Å²) in [6.45, 7) is 0. The van der Waals surface area contributed by atoms with Crippen LogP contribution in [0.5, 0.6) is 0 Å². The molecule has 0 heteroatoms. The van der Waals surface area contributed by atoms with Crippen molar-refractivity contribution < 1.29 is 0 Å². The topological polar surface area (TPSA) is 0 Å². The van der Waals surface area contributed by atoms with Crippen LogP contribution in [0.4, 0.5) is 0 Å². The van der Waals surface area contributed by atoms with Gasteiger partial charge in [0.05, 0.1) is 0 Å². The predicted octanol–water partition coefficient (Wildman–Crippen LogP) is 13.0. The third-order valence-corrected chi connectivity index (χ3v) is 9.43. The second kappa shape index (κ2) is 10.9. The maximum atomic E-state index is 2.41. The Hall–Kier alpha value is -5.98. The third-order valence-electron chi connectivity index (χ3n) is 9.43. The van der Waals surface area contributed by atoms with E-state index in [0.29, 0.717) is 0 Å². The van der Waals surface area contributed by atoms with E-state index in [9.17, 15) is 0 Å². The average Bonchev–Trinajstić information content (AvgIpc) is 3.14. The Bertz CT molecular complexity index is 2550. The van der Waals surface area contributed by atoms with Crippen molar-refractivity contribution >= 4 is 43.1 Å². The van der Waals surface area contributed by atoms with Crippen molar-refractivity contribution in [3.8, 4) is 44.5 Å². The summed E-state index contributed by atoms with van der Waals surface area (Å²) in [6, 6.07) is 66.7. The fourth-order valence-corrected chi connectivity index (χ4v) is 7.24. The fraction of sp³-hybridized carbons (Fsp3) is 0. The minimum Gasteiger partial charge on any atom is -0.0622 e. The fourth-order valence-electron chi connectivity index (χ4n) is 7.24. The molecule has 0 amide bonds. The SMILES string of the molecule is c1ccc(-c2ccc3c(-c4cccc5ccccc45)c4cc(-c5ccccc5)ccc4c(-c4ccc5ccccc5c4)c3c2)cc1. The molecule has 0 aliphatic carbocycles. The van der Waals surface area contributed by atoms with Gasteiger partial charge in [0, 0.05) is 0 Å². The largest absolute Gasteiger partial charge is 0.0622 e. The zero-order valence-electron chi connectivity index (χ0n) is 25.3. The molecule has 0 fully saturated rings. The lowest BCUT2D eigenvalue weighted by atomic mass is 9.82. The van der Waals surface area contributed by atoms with E-state index in [1.807, 2.05) is 0 Å². The van der Waals surface area contributed by atoms with E-state index in [0.717, 1.165) is 0 Å². The van der Waals surface area contributed by atoms with Crippen LogP contribution < -0.4 is 0 Å². The van der Waals surface area contributed by atoms with Crippen LogP contribution in [0.25, 0.3) is 87.6 Å². The number of rotatable bonds is 4. The lowest BCUT2D eigenvalue weighted by Gasteiger charge is -2.21. The van der Waals surface area contributed by atoms with Gasteiger partial charge < -0.3 is 0 Å². The maximum Gasteiger partial charge on any atom is -0.00199 e. The van der Waals surface area contributed by atoms with Crippen molar-refractivity contribution in [3.05, 3.63) is 182 Å². The zero-order chi connectivity index (χ0) is 30.5. The van der Waals surface area contributed by atoms with Gasteiger partial charge in [-0.05, 0) is 106 Å². The molecular weight excluding hydrogens is 553 g/mol. The van der Waals surface area contributed by atoms with Crippen LogP contribution in [0.3, 0.4) is 0 Å². The first-order chi connectivity index (χ1) is 22.8. The van der Waals surface area contributed by atoms with Crippen LogP contribution in [0, 0.1) is 0 Å². The molecule has 0 aromatic heterocycles. The summed E-state index contributed by atoms with van der Waals surface area (Å²) in [4.78, 5) is 0. The van der Waals surface area contributed by atoms with Gasteiger partial charge in [0.2, 0.25) is 0 Å². The Kier molecular flexibility index (Phi) is 6.25. The molecule has 0 spiro atoms. The predicted molar refractivity (Wildman–Crippen MR) is 198 cm³/mol. The lowest BCUT2D eigenvalue weighted by Crippen LogP contribution is -1.93. The molecular formula is C46H30. The van der Waals surface area contributed by atoms with Gasteiger partial charge in [0.25, 0.3) is 0 Å². The number of hydrogen-bond acceptors (Lipinski definition) is 0. The van der Waals surface area contributed by atoms with E-state index < -0.39 is 0 Å². The molecule has 0 radical (unpaired) electrons. The Morgan fingerprint density at radius 2 is 0.739 bits per heavy atom. The normalized spacial score (nSPS) is 11.5. The van der Waals surface area contributed by atoms with E-state index in [2.05, 4.69) is 182 Å². The Labute approximate surface area is 268 Å². The minimum absolute atomic E-state index is 1.22. The summed E-state index contributed by atoms with van der Waals surface area (Å²) in [7, 11) is 0. The number of hydrogen-bond donors (Lipinski definition) is 0. The number of benzene rings is 9. The molecule has 0 aliphatic rings. The molecule has 9 aromatic rings.